The lowest BCUT2D eigenvalue weighted by molar-refractivity contribution is 0.0953. The zero-order valence-electron chi connectivity index (χ0n) is 16.7. The minimum Gasteiger partial charge on any atom is -0.490 e. The van der Waals surface area contributed by atoms with Gasteiger partial charge in [-0.15, -0.1) is 0 Å². The van der Waals surface area contributed by atoms with Crippen LogP contribution in [0.3, 0.4) is 0 Å². The summed E-state index contributed by atoms with van der Waals surface area (Å²) in [6.45, 7) is 11.3. The Kier molecular flexibility index (Phi) is 7.52. The Hall–Kier alpha value is -2.70. The Balaban J connectivity index is 2.16. The fraction of sp³-hybridized carbons (Fsp3) is 0.500. The number of hydrogen-bond acceptors (Lipinski definition) is 6. The van der Waals surface area contributed by atoms with E-state index in [1.165, 1.54) is 0 Å². The molecule has 0 saturated carbocycles. The maximum atomic E-state index is 12.6. The molecular weight excluding hydrogens is 348 g/mol. The lowest BCUT2D eigenvalue weighted by atomic mass is 10.1. The molecule has 148 valence electrons. The molecule has 0 unspecified atom stereocenters. The lowest BCUT2D eigenvalue weighted by Crippen LogP contribution is -2.26. The summed E-state index contributed by atoms with van der Waals surface area (Å²) in [5, 5.41) is 6.85. The minimum absolute atomic E-state index is 0.202. The molecule has 0 saturated heterocycles. The van der Waals surface area contributed by atoms with Gasteiger partial charge in [0.1, 0.15) is 5.76 Å². The first-order valence-corrected chi connectivity index (χ1v) is 9.28. The van der Waals surface area contributed by atoms with E-state index in [2.05, 4.69) is 10.5 Å². The Bertz CT molecular complexity index is 723. The van der Waals surface area contributed by atoms with Gasteiger partial charge in [-0.25, -0.2) is 0 Å². The molecular formula is C20H28N2O5. The van der Waals surface area contributed by atoms with Crippen molar-refractivity contribution in [2.45, 2.75) is 41.0 Å². The number of hydrogen-bond donors (Lipinski definition) is 1. The lowest BCUT2D eigenvalue weighted by Gasteiger charge is -2.17. The van der Waals surface area contributed by atoms with Crippen LogP contribution >= 0.6 is 0 Å². The van der Waals surface area contributed by atoms with Crippen molar-refractivity contribution >= 4 is 5.91 Å². The van der Waals surface area contributed by atoms with Crippen LogP contribution < -0.4 is 19.5 Å². The Morgan fingerprint density at radius 2 is 1.63 bits per heavy atom. The van der Waals surface area contributed by atoms with E-state index in [0.29, 0.717) is 55.6 Å². The third kappa shape index (κ3) is 5.15. The summed E-state index contributed by atoms with van der Waals surface area (Å²) in [6, 6.07) is 3.37. The second kappa shape index (κ2) is 9.85. The topological polar surface area (TPSA) is 82.8 Å². The van der Waals surface area contributed by atoms with Gasteiger partial charge in [0.15, 0.2) is 11.5 Å². The molecule has 0 spiro atoms. The van der Waals surface area contributed by atoms with Crippen LogP contribution in [-0.4, -0.2) is 37.4 Å². The van der Waals surface area contributed by atoms with Gasteiger partial charge in [0, 0.05) is 17.7 Å². The molecule has 1 heterocycles. The number of rotatable bonds is 10. The first kappa shape index (κ1) is 20.6. The number of carbonyl (C=O) groups is 1. The standard InChI is InChI=1S/C20H28N2O5/c1-6-24-17-11-15(12-18(25-7-2)19(17)26-8-3)20(23)21-10-9-16-13(4)22-27-14(16)5/h11-12H,6-10H2,1-5H3,(H,21,23). The van der Waals surface area contributed by atoms with Crippen LogP contribution in [0.4, 0.5) is 0 Å². The van der Waals surface area contributed by atoms with Gasteiger partial charge in [0.25, 0.3) is 5.91 Å². The van der Waals surface area contributed by atoms with Crippen LogP contribution in [0.15, 0.2) is 16.7 Å². The van der Waals surface area contributed by atoms with E-state index in [0.717, 1.165) is 17.0 Å². The van der Waals surface area contributed by atoms with E-state index in [1.54, 1.807) is 12.1 Å². The molecule has 1 aromatic carbocycles. The number of nitrogens with zero attached hydrogens (tertiary/aromatic N) is 1. The predicted octanol–water partition coefficient (Wildman–Crippen LogP) is 3.46. The number of benzene rings is 1. The van der Waals surface area contributed by atoms with E-state index in [1.807, 2.05) is 34.6 Å². The fourth-order valence-corrected chi connectivity index (χ4v) is 2.78. The van der Waals surface area contributed by atoms with E-state index in [9.17, 15) is 4.79 Å². The summed E-state index contributed by atoms with van der Waals surface area (Å²) in [4.78, 5) is 12.6. The molecule has 2 aromatic rings. The Labute approximate surface area is 160 Å². The molecule has 27 heavy (non-hydrogen) atoms. The van der Waals surface area contributed by atoms with Crippen molar-refractivity contribution in [3.05, 3.63) is 34.7 Å². The van der Waals surface area contributed by atoms with Crippen molar-refractivity contribution in [1.82, 2.24) is 10.5 Å². The van der Waals surface area contributed by atoms with E-state index >= 15 is 0 Å². The summed E-state index contributed by atoms with van der Waals surface area (Å²) in [7, 11) is 0. The molecule has 0 aliphatic carbocycles. The molecule has 7 nitrogen and oxygen atoms in total. The van der Waals surface area contributed by atoms with Crippen LogP contribution in [0.2, 0.25) is 0 Å². The largest absolute Gasteiger partial charge is 0.490 e. The van der Waals surface area contributed by atoms with Crippen LogP contribution in [0.5, 0.6) is 17.2 Å². The predicted molar refractivity (Wildman–Crippen MR) is 102 cm³/mol. The SMILES string of the molecule is CCOc1cc(C(=O)NCCc2c(C)noc2C)cc(OCC)c1OCC. The zero-order chi connectivity index (χ0) is 19.8. The maximum absolute atomic E-state index is 12.6. The number of aromatic nitrogens is 1. The summed E-state index contributed by atoms with van der Waals surface area (Å²) in [5.74, 6) is 2.10. The van der Waals surface area contributed by atoms with Crippen molar-refractivity contribution < 1.29 is 23.5 Å². The van der Waals surface area contributed by atoms with Crippen molar-refractivity contribution in [3.8, 4) is 17.2 Å². The van der Waals surface area contributed by atoms with E-state index in [4.69, 9.17) is 18.7 Å². The van der Waals surface area contributed by atoms with Gasteiger partial charge in [0.2, 0.25) is 5.75 Å². The molecule has 1 N–H and O–H groups in total. The highest BCUT2D eigenvalue weighted by molar-refractivity contribution is 5.95. The summed E-state index contributed by atoms with van der Waals surface area (Å²) >= 11 is 0. The third-order valence-electron chi connectivity index (χ3n) is 4.01. The summed E-state index contributed by atoms with van der Waals surface area (Å²) < 4.78 is 22.1. The quantitative estimate of drug-likeness (QED) is 0.684. The number of nitrogens with one attached hydrogen (secondary N) is 1. The molecule has 1 aromatic heterocycles. The highest BCUT2D eigenvalue weighted by atomic mass is 16.5. The zero-order valence-corrected chi connectivity index (χ0v) is 16.7. The average molecular weight is 376 g/mol. The average Bonchev–Trinajstić information content (AvgIpc) is 2.96. The van der Waals surface area contributed by atoms with Crippen LogP contribution in [0.1, 0.15) is 48.1 Å². The van der Waals surface area contributed by atoms with Gasteiger partial charge in [-0.05, 0) is 53.2 Å². The highest BCUT2D eigenvalue weighted by Gasteiger charge is 2.18. The normalized spacial score (nSPS) is 10.6. The maximum Gasteiger partial charge on any atom is 0.251 e. The third-order valence-corrected chi connectivity index (χ3v) is 4.01. The molecule has 0 aliphatic rings. The minimum atomic E-state index is -0.202. The molecule has 0 bridgehead atoms. The van der Waals surface area contributed by atoms with Crippen LogP contribution in [0, 0.1) is 13.8 Å². The molecule has 2 rings (SSSR count). The van der Waals surface area contributed by atoms with Gasteiger partial charge in [-0.2, -0.15) is 0 Å². The van der Waals surface area contributed by atoms with Gasteiger partial charge in [-0.3, -0.25) is 4.79 Å². The van der Waals surface area contributed by atoms with E-state index in [-0.39, 0.29) is 5.91 Å². The number of aryl methyl sites for hydroxylation is 2. The first-order chi connectivity index (χ1) is 13.0. The number of carbonyl (C=O) groups excluding carboxylic acids is 1. The second-order valence-corrected chi connectivity index (χ2v) is 5.91. The van der Waals surface area contributed by atoms with Crippen molar-refractivity contribution in [2.24, 2.45) is 0 Å². The molecule has 0 atom stereocenters. The second-order valence-electron chi connectivity index (χ2n) is 5.91. The van der Waals surface area contributed by atoms with Crippen molar-refractivity contribution in [1.29, 1.82) is 0 Å². The monoisotopic (exact) mass is 376 g/mol. The van der Waals surface area contributed by atoms with E-state index < -0.39 is 0 Å². The molecule has 0 aliphatic heterocycles. The molecule has 7 heteroatoms. The van der Waals surface area contributed by atoms with Gasteiger partial charge in [-0.1, -0.05) is 5.16 Å². The van der Waals surface area contributed by atoms with Crippen LogP contribution in [0.25, 0.3) is 0 Å². The van der Waals surface area contributed by atoms with Crippen molar-refractivity contribution in [2.75, 3.05) is 26.4 Å². The number of amides is 1. The molecule has 0 radical (unpaired) electrons. The van der Waals surface area contributed by atoms with Gasteiger partial charge >= 0.3 is 0 Å². The van der Waals surface area contributed by atoms with Gasteiger partial charge < -0.3 is 24.1 Å². The molecule has 0 fully saturated rings. The van der Waals surface area contributed by atoms with Crippen molar-refractivity contribution in [3.63, 3.8) is 0 Å². The Morgan fingerprint density at radius 1 is 1.04 bits per heavy atom. The summed E-state index contributed by atoms with van der Waals surface area (Å²) in [5.41, 5.74) is 2.33. The first-order valence-electron chi connectivity index (χ1n) is 9.28. The van der Waals surface area contributed by atoms with Crippen LogP contribution in [-0.2, 0) is 6.42 Å². The highest BCUT2D eigenvalue weighted by Crippen LogP contribution is 2.39. The Morgan fingerprint density at radius 3 is 2.11 bits per heavy atom. The fourth-order valence-electron chi connectivity index (χ4n) is 2.78. The smallest absolute Gasteiger partial charge is 0.251 e. The molecule has 1 amide bonds. The number of ether oxygens (including phenoxy) is 3. The van der Waals surface area contributed by atoms with Gasteiger partial charge in [0.05, 0.1) is 25.5 Å². The summed E-state index contributed by atoms with van der Waals surface area (Å²) in [6.07, 6.45) is 0.653.